The minimum Gasteiger partial charge on any atom is -0.326 e. The largest absolute Gasteiger partial charge is 0.326 e. The number of hydrogen-bond acceptors (Lipinski definition) is 4. The van der Waals surface area contributed by atoms with E-state index in [0.29, 0.717) is 5.82 Å². The van der Waals surface area contributed by atoms with Gasteiger partial charge in [-0.3, -0.25) is 0 Å². The Kier molecular flexibility index (Phi) is 8.75. The molecule has 12 rings (SSSR count). The molecule has 8 aromatic carbocycles. The van der Waals surface area contributed by atoms with Gasteiger partial charge in [0, 0.05) is 32.6 Å². The van der Waals surface area contributed by atoms with Crippen molar-refractivity contribution in [3.05, 3.63) is 253 Å². The van der Waals surface area contributed by atoms with Crippen molar-refractivity contribution in [2.75, 3.05) is 4.90 Å². The zero-order valence-electron chi connectivity index (χ0n) is 33.8. The maximum atomic E-state index is 5.04. The quantitative estimate of drug-likeness (QED) is 0.153. The van der Waals surface area contributed by atoms with E-state index < -0.39 is 5.41 Å². The van der Waals surface area contributed by atoms with Crippen LogP contribution in [0.15, 0.2) is 225 Å². The van der Waals surface area contributed by atoms with Gasteiger partial charge in [0.25, 0.3) is 0 Å². The number of aromatic nitrogens is 3. The molecule has 5 heteroatoms. The van der Waals surface area contributed by atoms with E-state index in [4.69, 9.17) is 9.97 Å². The Hall–Kier alpha value is -7.47. The van der Waals surface area contributed by atoms with E-state index in [9.17, 15) is 0 Å². The summed E-state index contributed by atoms with van der Waals surface area (Å²) in [7, 11) is 0. The van der Waals surface area contributed by atoms with Gasteiger partial charge in [0.2, 0.25) is 0 Å². The lowest BCUT2D eigenvalue weighted by atomic mass is 9.67. The van der Waals surface area contributed by atoms with Crippen molar-refractivity contribution in [2.45, 2.75) is 17.2 Å². The van der Waals surface area contributed by atoms with Crippen molar-refractivity contribution in [1.29, 1.82) is 0 Å². The van der Waals surface area contributed by atoms with Crippen LogP contribution >= 0.6 is 11.8 Å². The van der Waals surface area contributed by atoms with Gasteiger partial charge in [0.05, 0.1) is 39.9 Å². The van der Waals surface area contributed by atoms with Crippen molar-refractivity contribution >= 4 is 49.8 Å². The number of para-hydroxylation sites is 2. The third kappa shape index (κ3) is 5.77. The van der Waals surface area contributed by atoms with Gasteiger partial charge in [-0.15, -0.1) is 11.8 Å². The van der Waals surface area contributed by atoms with Crippen LogP contribution in [0.2, 0.25) is 0 Å². The van der Waals surface area contributed by atoms with Gasteiger partial charge < -0.3 is 9.47 Å². The van der Waals surface area contributed by atoms with E-state index in [0.717, 1.165) is 40.1 Å². The van der Waals surface area contributed by atoms with Crippen LogP contribution in [0.5, 0.6) is 0 Å². The molecule has 0 fully saturated rings. The van der Waals surface area contributed by atoms with Crippen molar-refractivity contribution in [3.8, 4) is 28.2 Å². The van der Waals surface area contributed by atoms with Crippen LogP contribution in [0.25, 0.3) is 54.9 Å². The minimum atomic E-state index is -0.479. The van der Waals surface area contributed by atoms with E-state index in [1.165, 1.54) is 54.6 Å². The normalized spacial score (nSPS) is 15.0. The predicted octanol–water partition coefficient (Wildman–Crippen LogP) is 14.2. The standard InChI is InChI=1S/C57H40N4S/c1-5-17-39(18-6-1)54-33-34-55(62-54)60(43-23-11-4-12-24-43)45-37-58-56(59-38-45)40-29-32-53-49(35-40)48-26-14-16-28-52(48)61(53)44-30-31-47-46-25-13-15-27-50(46)57(51(47)36-44,41-19-7-2-8-20-41)42-21-9-3-10-22-42/h1-33,35-38,55H,34H2. The second-order valence-electron chi connectivity index (χ2n) is 16.1. The molecule has 0 N–H and O–H groups in total. The van der Waals surface area contributed by atoms with E-state index >= 15 is 0 Å². The molecule has 2 aliphatic rings. The van der Waals surface area contributed by atoms with Crippen LogP contribution in [0.1, 0.15) is 34.2 Å². The summed E-state index contributed by atoms with van der Waals surface area (Å²) in [5, 5.41) is 2.54. The third-order valence-corrected chi connectivity index (χ3v) is 14.0. The maximum Gasteiger partial charge on any atom is 0.159 e. The van der Waals surface area contributed by atoms with Crippen molar-refractivity contribution < 1.29 is 0 Å². The van der Waals surface area contributed by atoms with Gasteiger partial charge in [0.15, 0.2) is 5.82 Å². The lowest BCUT2D eigenvalue weighted by molar-refractivity contribution is 0.767. The van der Waals surface area contributed by atoms with E-state index in [1.807, 2.05) is 24.2 Å². The van der Waals surface area contributed by atoms with Crippen molar-refractivity contribution in [1.82, 2.24) is 14.5 Å². The molecule has 3 heterocycles. The highest BCUT2D eigenvalue weighted by Crippen LogP contribution is 2.56. The lowest BCUT2D eigenvalue weighted by Gasteiger charge is -2.34. The number of anilines is 2. The van der Waals surface area contributed by atoms with Gasteiger partial charge in [-0.05, 0) is 93.9 Å². The highest BCUT2D eigenvalue weighted by Gasteiger charge is 2.46. The van der Waals surface area contributed by atoms with Crippen LogP contribution in [0.3, 0.4) is 0 Å². The summed E-state index contributed by atoms with van der Waals surface area (Å²) >= 11 is 1.89. The van der Waals surface area contributed by atoms with Crippen LogP contribution in [-0.2, 0) is 5.41 Å². The monoisotopic (exact) mass is 812 g/mol. The molecular weight excluding hydrogens is 773 g/mol. The SMILES string of the molecule is C1=C(c2ccccc2)SC(N(c2ccccc2)c2cnc(-c3ccc4c(c3)c3ccccc3n4-c3ccc4c(c3)C(c3ccccc3)(c3ccccc3)c3ccccc3-4)nc2)C1. The van der Waals surface area contributed by atoms with Gasteiger partial charge in [-0.25, -0.2) is 9.97 Å². The first-order chi connectivity index (χ1) is 30.8. The number of benzene rings is 8. The Bertz CT molecular complexity index is 3250. The minimum absolute atomic E-state index is 0.184. The second-order valence-corrected chi connectivity index (χ2v) is 17.3. The van der Waals surface area contributed by atoms with E-state index in [2.05, 4.69) is 222 Å². The first kappa shape index (κ1) is 36.4. The first-order valence-electron chi connectivity index (χ1n) is 21.2. The molecule has 294 valence electrons. The summed E-state index contributed by atoms with van der Waals surface area (Å²) in [5.74, 6) is 0.702. The summed E-state index contributed by atoms with van der Waals surface area (Å²) in [6.45, 7) is 0. The molecule has 1 aliphatic carbocycles. The topological polar surface area (TPSA) is 34.0 Å². The molecule has 2 aromatic heterocycles. The van der Waals surface area contributed by atoms with E-state index in [1.54, 1.807) is 0 Å². The summed E-state index contributed by atoms with van der Waals surface area (Å²) in [6.07, 6.45) is 7.24. The molecule has 0 saturated heterocycles. The fourth-order valence-corrected chi connectivity index (χ4v) is 11.3. The number of thioether (sulfide) groups is 1. The summed E-state index contributed by atoms with van der Waals surface area (Å²) in [4.78, 5) is 13.8. The van der Waals surface area contributed by atoms with Crippen LogP contribution in [0.4, 0.5) is 11.4 Å². The molecule has 4 nitrogen and oxygen atoms in total. The molecule has 1 unspecified atom stereocenters. The highest BCUT2D eigenvalue weighted by molar-refractivity contribution is 8.09. The van der Waals surface area contributed by atoms with Gasteiger partial charge in [-0.1, -0.05) is 164 Å². The maximum absolute atomic E-state index is 5.04. The fraction of sp³-hybridized carbons (Fsp3) is 0.0526. The average Bonchev–Trinajstić information content (AvgIpc) is 4.05. The van der Waals surface area contributed by atoms with Crippen molar-refractivity contribution in [2.24, 2.45) is 0 Å². The molecule has 1 aliphatic heterocycles. The fourth-order valence-electron chi connectivity index (χ4n) is 10.0. The van der Waals surface area contributed by atoms with Gasteiger partial charge in [0.1, 0.15) is 0 Å². The third-order valence-electron chi connectivity index (χ3n) is 12.7. The zero-order chi connectivity index (χ0) is 41.0. The molecule has 10 aromatic rings. The second kappa shape index (κ2) is 14.9. The highest BCUT2D eigenvalue weighted by atomic mass is 32.2. The van der Waals surface area contributed by atoms with Crippen LogP contribution < -0.4 is 4.90 Å². The Morgan fingerprint density at radius 1 is 0.500 bits per heavy atom. The molecule has 0 bridgehead atoms. The lowest BCUT2D eigenvalue weighted by Crippen LogP contribution is -2.28. The summed E-state index contributed by atoms with van der Waals surface area (Å²) < 4.78 is 2.43. The zero-order valence-corrected chi connectivity index (χ0v) is 34.7. The van der Waals surface area contributed by atoms with Gasteiger partial charge in [-0.2, -0.15) is 0 Å². The molecule has 0 saturated carbocycles. The smallest absolute Gasteiger partial charge is 0.159 e. The summed E-state index contributed by atoms with van der Waals surface area (Å²) in [5.41, 5.74) is 15.0. The van der Waals surface area contributed by atoms with Gasteiger partial charge >= 0.3 is 0 Å². The molecule has 62 heavy (non-hydrogen) atoms. The molecule has 0 radical (unpaired) electrons. The molecule has 0 spiro atoms. The molecule has 0 amide bonds. The van der Waals surface area contributed by atoms with Crippen LogP contribution in [0, 0.1) is 0 Å². The number of rotatable bonds is 8. The number of nitrogens with zero attached hydrogens (tertiary/aromatic N) is 4. The Balaban J connectivity index is 0.952. The predicted molar refractivity (Wildman–Crippen MR) is 258 cm³/mol. The summed E-state index contributed by atoms with van der Waals surface area (Å²) in [6, 6.07) is 74.7. The number of hydrogen-bond donors (Lipinski definition) is 0. The van der Waals surface area contributed by atoms with E-state index in [-0.39, 0.29) is 5.37 Å². The Morgan fingerprint density at radius 3 is 1.85 bits per heavy atom. The first-order valence-corrected chi connectivity index (χ1v) is 22.1. The van der Waals surface area contributed by atoms with Crippen molar-refractivity contribution in [3.63, 3.8) is 0 Å². The molecule has 1 atom stereocenters. The van der Waals surface area contributed by atoms with Crippen LogP contribution in [-0.4, -0.2) is 19.9 Å². The number of fused-ring (bicyclic) bond motifs is 6. The Morgan fingerprint density at radius 2 is 1.11 bits per heavy atom. The average molecular weight is 813 g/mol. The Labute approximate surface area is 365 Å². The molecular formula is C57H40N4S.